The van der Waals surface area contributed by atoms with E-state index in [1.54, 1.807) is 13.8 Å². The van der Waals surface area contributed by atoms with Crippen molar-refractivity contribution in [2.75, 3.05) is 26.9 Å². The van der Waals surface area contributed by atoms with Gasteiger partial charge in [0.2, 0.25) is 5.91 Å². The zero-order valence-corrected chi connectivity index (χ0v) is 11.9. The first-order valence-corrected chi connectivity index (χ1v) is 6.40. The van der Waals surface area contributed by atoms with E-state index < -0.39 is 24.1 Å². The summed E-state index contributed by atoms with van der Waals surface area (Å²) in [6, 6.07) is -2.35. The van der Waals surface area contributed by atoms with Crippen LogP contribution in [0, 0.1) is 5.92 Å². The lowest BCUT2D eigenvalue weighted by atomic mass is 10.0. The highest BCUT2D eigenvalue weighted by Gasteiger charge is 2.38. The maximum atomic E-state index is 12.5. The number of nitrogens with zero attached hydrogens (tertiary/aromatic N) is 1. The number of primary amides is 1. The van der Waals surface area contributed by atoms with Gasteiger partial charge in [-0.1, -0.05) is 13.8 Å². The van der Waals surface area contributed by atoms with Crippen molar-refractivity contribution >= 4 is 17.9 Å². The molecule has 2 atom stereocenters. The van der Waals surface area contributed by atoms with E-state index in [2.05, 4.69) is 10.1 Å². The van der Waals surface area contributed by atoms with E-state index in [9.17, 15) is 14.4 Å². The van der Waals surface area contributed by atoms with E-state index in [1.807, 2.05) is 0 Å². The van der Waals surface area contributed by atoms with Crippen molar-refractivity contribution in [3.8, 4) is 0 Å². The molecule has 1 aliphatic heterocycles. The summed E-state index contributed by atoms with van der Waals surface area (Å²) in [6.45, 7) is 4.25. The molecule has 8 nitrogen and oxygen atoms in total. The minimum absolute atomic E-state index is 0.0831. The Morgan fingerprint density at radius 2 is 2.05 bits per heavy atom. The van der Waals surface area contributed by atoms with Crippen LogP contribution in [-0.4, -0.2) is 61.8 Å². The summed E-state index contributed by atoms with van der Waals surface area (Å²) in [4.78, 5) is 36.6. The Morgan fingerprint density at radius 3 is 2.55 bits per heavy atom. The molecule has 1 saturated heterocycles. The molecule has 8 heteroatoms. The van der Waals surface area contributed by atoms with Crippen molar-refractivity contribution in [2.24, 2.45) is 11.7 Å². The number of amides is 3. The third-order valence-corrected chi connectivity index (χ3v) is 3.12. The van der Waals surface area contributed by atoms with Crippen molar-refractivity contribution < 1.29 is 23.9 Å². The third-order valence-electron chi connectivity index (χ3n) is 3.12. The van der Waals surface area contributed by atoms with E-state index in [1.165, 1.54) is 12.0 Å². The van der Waals surface area contributed by atoms with Crippen LogP contribution in [0.4, 0.5) is 4.79 Å². The third kappa shape index (κ3) is 3.83. The topological polar surface area (TPSA) is 111 Å². The maximum absolute atomic E-state index is 12.5. The molecule has 0 saturated carbocycles. The number of hydrogen-bond donors (Lipinski definition) is 2. The highest BCUT2D eigenvalue weighted by atomic mass is 16.5. The van der Waals surface area contributed by atoms with Gasteiger partial charge in [-0.25, -0.2) is 9.59 Å². The zero-order chi connectivity index (χ0) is 15.3. The lowest BCUT2D eigenvalue weighted by molar-refractivity contribution is -0.162. The molecule has 3 amide bonds. The number of methoxy groups -OCH3 is 1. The molecule has 0 spiro atoms. The van der Waals surface area contributed by atoms with Crippen LogP contribution in [0.5, 0.6) is 0 Å². The first kappa shape index (κ1) is 16.2. The maximum Gasteiger partial charge on any atom is 0.331 e. The van der Waals surface area contributed by atoms with Gasteiger partial charge < -0.3 is 25.4 Å². The number of esters is 1. The smallest absolute Gasteiger partial charge is 0.331 e. The van der Waals surface area contributed by atoms with Crippen LogP contribution < -0.4 is 11.1 Å². The Morgan fingerprint density at radius 1 is 1.40 bits per heavy atom. The van der Waals surface area contributed by atoms with Crippen LogP contribution in [0.15, 0.2) is 0 Å². The highest BCUT2D eigenvalue weighted by molar-refractivity contribution is 5.90. The average molecular weight is 287 g/mol. The van der Waals surface area contributed by atoms with Crippen molar-refractivity contribution in [1.82, 2.24) is 10.2 Å². The molecule has 20 heavy (non-hydrogen) atoms. The summed E-state index contributed by atoms with van der Waals surface area (Å²) in [7, 11) is 1.25. The van der Waals surface area contributed by atoms with E-state index in [0.717, 1.165) is 0 Å². The number of nitrogens with two attached hydrogens (primary N) is 1. The number of ether oxygens (including phenoxy) is 2. The van der Waals surface area contributed by atoms with Crippen LogP contribution in [-0.2, 0) is 19.1 Å². The number of urea groups is 1. The molecule has 0 radical (unpaired) electrons. The number of morpholine rings is 1. The van der Waals surface area contributed by atoms with Crippen LogP contribution in [0.2, 0.25) is 0 Å². The summed E-state index contributed by atoms with van der Waals surface area (Å²) in [6.07, 6.45) is 0. The zero-order valence-electron chi connectivity index (χ0n) is 11.9. The first-order chi connectivity index (χ1) is 9.38. The van der Waals surface area contributed by atoms with Crippen LogP contribution in [0.1, 0.15) is 13.8 Å². The molecule has 0 aromatic rings. The molecule has 114 valence electrons. The van der Waals surface area contributed by atoms with Crippen molar-refractivity contribution in [3.63, 3.8) is 0 Å². The molecule has 2 unspecified atom stereocenters. The molecule has 0 aliphatic carbocycles. The number of nitrogens with one attached hydrogen (secondary N) is 1. The van der Waals surface area contributed by atoms with E-state index in [-0.39, 0.29) is 25.0 Å². The Bertz CT molecular complexity index is 385. The summed E-state index contributed by atoms with van der Waals surface area (Å²) in [5.74, 6) is -1.06. The fraction of sp³-hybridized carbons (Fsp3) is 0.750. The lowest BCUT2D eigenvalue weighted by Gasteiger charge is -2.36. The van der Waals surface area contributed by atoms with Crippen molar-refractivity contribution in [3.05, 3.63) is 0 Å². The van der Waals surface area contributed by atoms with E-state index in [4.69, 9.17) is 10.5 Å². The Balaban J connectivity index is 2.89. The molecular weight excluding hydrogens is 266 g/mol. The van der Waals surface area contributed by atoms with Gasteiger partial charge >= 0.3 is 12.0 Å². The van der Waals surface area contributed by atoms with Gasteiger partial charge in [0.25, 0.3) is 0 Å². The minimum Gasteiger partial charge on any atom is -0.467 e. The van der Waals surface area contributed by atoms with Gasteiger partial charge in [0.05, 0.1) is 20.3 Å². The second kappa shape index (κ2) is 7.09. The van der Waals surface area contributed by atoms with Crippen LogP contribution in [0.25, 0.3) is 0 Å². The largest absolute Gasteiger partial charge is 0.467 e. The molecule has 3 N–H and O–H groups in total. The predicted molar refractivity (Wildman–Crippen MR) is 69.7 cm³/mol. The molecule has 1 aliphatic rings. The van der Waals surface area contributed by atoms with Crippen LogP contribution in [0.3, 0.4) is 0 Å². The number of rotatable bonds is 4. The van der Waals surface area contributed by atoms with Gasteiger partial charge in [0.15, 0.2) is 6.04 Å². The van der Waals surface area contributed by atoms with Crippen LogP contribution >= 0.6 is 0 Å². The van der Waals surface area contributed by atoms with E-state index >= 15 is 0 Å². The molecule has 1 heterocycles. The minimum atomic E-state index is -0.794. The molecule has 0 bridgehead atoms. The number of carbonyl (C=O) groups is 3. The van der Waals surface area contributed by atoms with Gasteiger partial charge in [-0.3, -0.25) is 4.79 Å². The molecule has 0 aromatic carbocycles. The summed E-state index contributed by atoms with van der Waals surface area (Å²) < 4.78 is 9.87. The highest BCUT2D eigenvalue weighted by Crippen LogP contribution is 2.14. The van der Waals surface area contributed by atoms with Gasteiger partial charge in [-0.2, -0.15) is 0 Å². The molecule has 1 rings (SSSR count). The number of carbonyl (C=O) groups excluding carboxylic acids is 3. The standard InChI is InChI=1S/C12H21N3O5/c1-7(2)9(14-12(13)18)10(16)15-4-5-20-6-8(15)11(17)19-3/h7-9H,4-6H2,1-3H3,(H3,13,14,18). The quantitative estimate of drug-likeness (QED) is 0.650. The van der Waals surface area contributed by atoms with Gasteiger partial charge in [0.1, 0.15) is 6.04 Å². The second-order valence-electron chi connectivity index (χ2n) is 4.88. The van der Waals surface area contributed by atoms with Crippen molar-refractivity contribution in [1.29, 1.82) is 0 Å². The normalized spacial score (nSPS) is 20.4. The SMILES string of the molecule is COC(=O)C1COCCN1C(=O)C(NC(N)=O)C(C)C. The first-order valence-electron chi connectivity index (χ1n) is 6.40. The summed E-state index contributed by atoms with van der Waals surface area (Å²) in [5.41, 5.74) is 5.08. The lowest BCUT2D eigenvalue weighted by Crippen LogP contribution is -2.60. The molecule has 0 aromatic heterocycles. The van der Waals surface area contributed by atoms with Gasteiger partial charge in [0, 0.05) is 6.54 Å². The van der Waals surface area contributed by atoms with Gasteiger partial charge in [-0.15, -0.1) is 0 Å². The fourth-order valence-electron chi connectivity index (χ4n) is 2.04. The summed E-state index contributed by atoms with van der Waals surface area (Å²) in [5, 5.41) is 2.41. The molecule has 1 fully saturated rings. The Hall–Kier alpha value is -1.83. The van der Waals surface area contributed by atoms with E-state index in [0.29, 0.717) is 6.61 Å². The van der Waals surface area contributed by atoms with Gasteiger partial charge in [-0.05, 0) is 5.92 Å². The Kier molecular flexibility index (Phi) is 5.75. The monoisotopic (exact) mass is 287 g/mol. The van der Waals surface area contributed by atoms with Crippen molar-refractivity contribution in [2.45, 2.75) is 25.9 Å². The molecular formula is C12H21N3O5. The summed E-state index contributed by atoms with van der Waals surface area (Å²) >= 11 is 0. The second-order valence-corrected chi connectivity index (χ2v) is 4.88. The number of hydrogen-bond acceptors (Lipinski definition) is 5. The Labute approximate surface area is 117 Å². The average Bonchev–Trinajstić information content (AvgIpc) is 2.42. The fourth-order valence-corrected chi connectivity index (χ4v) is 2.04. The predicted octanol–water partition coefficient (Wildman–Crippen LogP) is -0.920.